The van der Waals surface area contributed by atoms with Crippen molar-refractivity contribution in [3.05, 3.63) is 66.2 Å². The predicted molar refractivity (Wildman–Crippen MR) is 193 cm³/mol. The number of nitrogens with zero attached hydrogens (tertiary/aromatic N) is 2. The summed E-state index contributed by atoms with van der Waals surface area (Å²) in [4.78, 5) is 72.5. The Balaban J connectivity index is 0.000000718. The lowest BCUT2D eigenvalue weighted by Crippen LogP contribution is -2.47. The minimum atomic E-state index is -5.01. The molecule has 0 amide bonds. The predicted octanol–water partition coefficient (Wildman–Crippen LogP) is 2.10. The Labute approximate surface area is 337 Å². The van der Waals surface area contributed by atoms with E-state index in [0.717, 1.165) is 31.5 Å². The van der Waals surface area contributed by atoms with Gasteiger partial charge in [-0.1, -0.05) is 14.9 Å². The van der Waals surface area contributed by atoms with E-state index in [-0.39, 0.29) is 14.9 Å². The number of aliphatic hydroxyl groups excluding tert-OH is 3. The van der Waals surface area contributed by atoms with E-state index in [4.69, 9.17) is 23.4 Å². The molecule has 2 fully saturated rings. The van der Waals surface area contributed by atoms with Gasteiger partial charge in [-0.05, 0) is 41.5 Å². The Morgan fingerprint density at radius 3 is 1.45 bits per heavy atom. The number of ether oxygens (including phenoxy) is 6. The molecule has 0 saturated carbocycles. The molecule has 0 aliphatic carbocycles. The number of carbonyl (C=O) groups is 2. The van der Waals surface area contributed by atoms with E-state index in [9.17, 15) is 52.3 Å². The third-order valence-electron chi connectivity index (χ3n) is 7.75. The Hall–Kier alpha value is -4.47. The molecule has 60 heavy (non-hydrogen) atoms. The number of phosphoric acid groups is 1. The third-order valence-corrected chi connectivity index (χ3v) is 9.04. The first-order valence-electron chi connectivity index (χ1n) is 16.6. The maximum Gasteiger partial charge on any atom is 0.510 e. The highest BCUT2D eigenvalue weighted by Gasteiger charge is 2.66. The van der Waals surface area contributed by atoms with Gasteiger partial charge in [0.05, 0.1) is 12.2 Å². The normalized spacial score (nSPS) is 28.5. The van der Waals surface area contributed by atoms with E-state index in [1.165, 1.54) is 27.7 Å². The van der Waals surface area contributed by atoms with Gasteiger partial charge in [0.25, 0.3) is 22.8 Å². The number of phosphoric ester groups is 1. The van der Waals surface area contributed by atoms with Crippen LogP contribution in [0.2, 0.25) is 0 Å². The summed E-state index contributed by atoms with van der Waals surface area (Å²) in [5, 5.41) is 28.7. The zero-order valence-corrected chi connectivity index (χ0v) is 32.2. The van der Waals surface area contributed by atoms with Crippen molar-refractivity contribution < 1.29 is 89.0 Å². The van der Waals surface area contributed by atoms with Gasteiger partial charge in [0, 0.05) is 24.5 Å². The number of hydrogen-bond acceptors (Lipinski definition) is 19. The summed E-state index contributed by atoms with van der Waals surface area (Å²) in [5.41, 5.74) is -9.40. The Morgan fingerprint density at radius 1 is 0.750 bits per heavy atom. The maximum atomic E-state index is 15.6. The average Bonchev–Trinajstić information content (AvgIpc) is 3.40. The van der Waals surface area contributed by atoms with Crippen molar-refractivity contribution in [2.75, 3.05) is 26.8 Å². The zero-order valence-electron chi connectivity index (χ0n) is 31.3. The highest BCUT2D eigenvalue weighted by Crippen LogP contribution is 2.53. The van der Waals surface area contributed by atoms with Gasteiger partial charge in [-0.25, -0.2) is 50.4 Å². The number of rotatable bonds is 14. The molecule has 2 aromatic heterocycles. The van der Waals surface area contributed by atoms with Gasteiger partial charge in [-0.3, -0.25) is 33.2 Å². The molecule has 2 aliphatic heterocycles. The van der Waals surface area contributed by atoms with E-state index < -0.39 is 129 Å². The first-order valence-corrected chi connectivity index (χ1v) is 18.1. The third kappa shape index (κ3) is 12.8. The Bertz CT molecular complexity index is 2010. The summed E-state index contributed by atoms with van der Waals surface area (Å²) >= 11 is 0. The molecule has 8 atom stereocenters. The second kappa shape index (κ2) is 20.9. The summed E-state index contributed by atoms with van der Waals surface area (Å²) in [6.07, 6.45) is -10.8. The summed E-state index contributed by atoms with van der Waals surface area (Å²) in [5.74, 6) is -6.50. The van der Waals surface area contributed by atoms with Crippen LogP contribution in [0.25, 0.3) is 0 Å². The van der Waals surface area contributed by atoms with Crippen LogP contribution >= 0.6 is 7.82 Å². The number of aliphatic hydroxyl groups is 3. The molecule has 0 aromatic carbocycles. The van der Waals surface area contributed by atoms with Crippen molar-refractivity contribution in [3.63, 3.8) is 0 Å². The van der Waals surface area contributed by atoms with Crippen molar-refractivity contribution in [3.8, 4) is 0 Å². The lowest BCUT2D eigenvalue weighted by Gasteiger charge is -2.26. The number of carbonyl (C=O) groups excluding carboxylic acids is 2. The molecule has 0 bridgehead atoms. The number of halogens is 4. The maximum absolute atomic E-state index is 15.6. The number of H-pyrrole nitrogens is 2. The van der Waals surface area contributed by atoms with Gasteiger partial charge in [0.1, 0.15) is 13.2 Å². The molecule has 5 N–H and O–H groups in total. The summed E-state index contributed by atoms with van der Waals surface area (Å²) in [6, 6.07) is 1.75. The van der Waals surface area contributed by atoms with Crippen molar-refractivity contribution in [2.24, 2.45) is 0 Å². The molecule has 4 heterocycles. The fraction of sp³-hybridized carbons (Fsp3) is 0.688. The highest BCUT2D eigenvalue weighted by molar-refractivity contribution is 7.48. The highest BCUT2D eigenvalue weighted by atomic mass is 31.2. The number of aromatic nitrogens is 4. The topological polar surface area (TPSA) is 305 Å². The number of aromatic amines is 2. The van der Waals surface area contributed by atoms with E-state index in [1.807, 2.05) is 9.97 Å². The quantitative estimate of drug-likeness (QED) is 0.0785. The van der Waals surface area contributed by atoms with Gasteiger partial charge in [-0.15, -0.1) is 0 Å². The van der Waals surface area contributed by atoms with Gasteiger partial charge in [0.15, 0.2) is 36.0 Å². The Kier molecular flexibility index (Phi) is 18.6. The van der Waals surface area contributed by atoms with Crippen LogP contribution in [0.4, 0.5) is 27.2 Å². The van der Waals surface area contributed by atoms with Crippen molar-refractivity contribution >= 4 is 20.1 Å². The van der Waals surface area contributed by atoms with Crippen LogP contribution in [-0.2, 0) is 46.6 Å². The smallest absolute Gasteiger partial charge is 0.432 e. The second-order valence-electron chi connectivity index (χ2n) is 13.1. The standard InChI is InChI=1S/C20H29F2N2O14P.C10H12F2N2O5.2CH4/c1-11(2)36-17(28)31-9-34-39(30,35-10-32-18(29)37-12(3)4)33-8-20(22)14(26)19(5,21)15(38-20)24-7-6-13(25)23-16(24)27;1-9(11)6(17)10(12,4-15)19-7(9)14-3-2-5(16)13-8(14)18;;/h6-7,11-12,14-15,26H,8-10H2,1-5H3,(H,23,25,27);2-3,6-7,15,17H,4H2,1H3,(H,13,16,18);2*1H4/t14-,15+,19+,20+;6-,7+,9+,10+;;/m00../s1. The van der Waals surface area contributed by atoms with Crippen LogP contribution in [0.3, 0.4) is 0 Å². The molecule has 23 nitrogen and oxygen atoms in total. The minimum absolute atomic E-state index is 0. The van der Waals surface area contributed by atoms with Crippen LogP contribution in [0, 0.1) is 0 Å². The molecule has 2 saturated heterocycles. The van der Waals surface area contributed by atoms with Crippen molar-refractivity contribution in [1.82, 2.24) is 19.1 Å². The van der Waals surface area contributed by atoms with Gasteiger partial charge >= 0.3 is 31.5 Å². The molecule has 0 spiro atoms. The second-order valence-corrected chi connectivity index (χ2v) is 14.8. The SMILES string of the molecule is C.C.CC(C)OC(=O)OCOP(=O)(OCOC(=O)OC(C)C)OC[C@@]1(F)O[C@@H](n2ccc(=O)[nH]c2=O)[C@](C)(F)[C@@H]1O.C[C@]1(F)[C@H](n2ccc(=O)[nH]c2=O)O[C@](F)(CO)[C@H]1O. The van der Waals surface area contributed by atoms with Crippen molar-refractivity contribution in [2.45, 2.75) is 116 Å². The first-order chi connectivity index (χ1) is 26.7. The molecule has 2 aliphatic rings. The number of hydrogen-bond donors (Lipinski definition) is 5. The van der Waals surface area contributed by atoms with Crippen LogP contribution in [0.5, 0.6) is 0 Å². The minimum Gasteiger partial charge on any atom is -0.432 e. The molecular formula is C32H49F4N4O19P. The monoisotopic (exact) mass is 900 g/mol. The van der Waals surface area contributed by atoms with Crippen LogP contribution < -0.4 is 22.5 Å². The molecule has 344 valence electrons. The molecular weight excluding hydrogens is 851 g/mol. The first kappa shape index (κ1) is 53.5. The molecule has 2 aromatic rings. The van der Waals surface area contributed by atoms with E-state index in [1.54, 1.807) is 0 Å². The molecule has 28 heteroatoms. The zero-order chi connectivity index (χ0) is 44.0. The summed E-state index contributed by atoms with van der Waals surface area (Å²) < 4.78 is 116. The van der Waals surface area contributed by atoms with Gasteiger partial charge < -0.3 is 43.7 Å². The Morgan fingerprint density at radius 2 is 1.12 bits per heavy atom. The van der Waals surface area contributed by atoms with Crippen LogP contribution in [0.15, 0.2) is 43.7 Å². The van der Waals surface area contributed by atoms with Gasteiger partial charge in [-0.2, -0.15) is 0 Å². The van der Waals surface area contributed by atoms with E-state index in [2.05, 4.69) is 23.7 Å². The fourth-order valence-corrected chi connectivity index (χ4v) is 5.89. The fourth-order valence-electron chi connectivity index (χ4n) is 4.97. The molecule has 4 rings (SSSR count). The summed E-state index contributed by atoms with van der Waals surface area (Å²) in [6.45, 7) is 2.50. The lowest BCUT2D eigenvalue weighted by molar-refractivity contribution is -0.207. The lowest BCUT2D eigenvalue weighted by atomic mass is 9.97. The van der Waals surface area contributed by atoms with Crippen LogP contribution in [0.1, 0.15) is 68.9 Å². The van der Waals surface area contributed by atoms with E-state index in [0.29, 0.717) is 16.1 Å². The number of nitrogens with one attached hydrogen (secondary N) is 2. The molecule has 0 unspecified atom stereocenters. The molecule has 0 radical (unpaired) electrons. The average molecular weight is 901 g/mol. The van der Waals surface area contributed by atoms with Gasteiger partial charge in [0.2, 0.25) is 13.6 Å². The summed E-state index contributed by atoms with van der Waals surface area (Å²) in [7, 11) is -5.01. The largest absolute Gasteiger partial charge is 0.510 e. The van der Waals surface area contributed by atoms with E-state index >= 15 is 8.78 Å². The number of alkyl halides is 4. The van der Waals surface area contributed by atoms with Crippen molar-refractivity contribution in [1.29, 1.82) is 0 Å². The van der Waals surface area contributed by atoms with Crippen LogP contribution in [-0.4, -0.2) is 121 Å².